The van der Waals surface area contributed by atoms with Crippen LogP contribution in [0.4, 0.5) is 0 Å². The van der Waals surface area contributed by atoms with Crippen molar-refractivity contribution in [3.8, 4) is 0 Å². The van der Waals surface area contributed by atoms with Crippen LogP contribution in [-0.2, 0) is 31.9 Å². The van der Waals surface area contributed by atoms with Crippen molar-refractivity contribution in [2.75, 3.05) is 13.2 Å². The van der Waals surface area contributed by atoms with Gasteiger partial charge in [-0.1, -0.05) is 37.3 Å². The Morgan fingerprint density at radius 2 is 1.48 bits per heavy atom. The molecule has 5 heteroatoms. The van der Waals surface area contributed by atoms with Crippen LogP contribution in [-0.4, -0.2) is 13.2 Å². The molecule has 1 aromatic heterocycles. The summed E-state index contributed by atoms with van der Waals surface area (Å²) in [5, 5.41) is 3.37. The Labute approximate surface area is 164 Å². The first-order chi connectivity index (χ1) is 13.1. The number of aryl methyl sites for hydroxylation is 1. The molecule has 0 saturated heterocycles. The molecule has 0 aliphatic carbocycles. The summed E-state index contributed by atoms with van der Waals surface area (Å²) in [6.45, 7) is 6.69. The summed E-state index contributed by atoms with van der Waals surface area (Å²) in [5.74, 6) is 0. The zero-order chi connectivity index (χ0) is 19.3. The maximum Gasteiger partial charge on any atom is 0.384 e. The number of hydrogen-bond donors (Lipinski definition) is 0. The van der Waals surface area contributed by atoms with Gasteiger partial charge in [-0.3, -0.25) is 4.57 Å². The molecule has 3 rings (SSSR count). The van der Waals surface area contributed by atoms with Crippen LogP contribution in [0.5, 0.6) is 0 Å². The Morgan fingerprint density at radius 1 is 0.852 bits per heavy atom. The van der Waals surface area contributed by atoms with Gasteiger partial charge in [0.05, 0.1) is 13.2 Å². The molecule has 0 radical (unpaired) electrons. The van der Waals surface area contributed by atoms with E-state index in [2.05, 4.69) is 60.8 Å². The van der Waals surface area contributed by atoms with Crippen molar-refractivity contribution in [2.24, 2.45) is 0 Å². The fourth-order valence-corrected chi connectivity index (χ4v) is 8.07. The average Bonchev–Trinajstić information content (AvgIpc) is 3.04. The fourth-order valence-electron chi connectivity index (χ4n) is 3.22. The molecular formula is C22H28O3PS+. The Kier molecular flexibility index (Phi) is 6.88. The van der Waals surface area contributed by atoms with Crippen molar-refractivity contribution < 1.29 is 13.6 Å². The monoisotopic (exact) mass is 403 g/mol. The van der Waals surface area contributed by atoms with Crippen molar-refractivity contribution in [1.29, 1.82) is 0 Å². The van der Waals surface area contributed by atoms with Crippen LogP contribution in [0.15, 0.2) is 53.9 Å². The smallest absolute Gasteiger partial charge is 0.305 e. The van der Waals surface area contributed by atoms with Gasteiger partial charge in [0.15, 0.2) is 4.70 Å². The van der Waals surface area contributed by atoms with Gasteiger partial charge < -0.3 is 9.05 Å². The van der Waals surface area contributed by atoms with Crippen molar-refractivity contribution in [3.63, 3.8) is 0 Å². The highest BCUT2D eigenvalue weighted by Gasteiger charge is 2.31. The van der Waals surface area contributed by atoms with Crippen LogP contribution in [0.2, 0.25) is 0 Å². The second kappa shape index (κ2) is 9.16. The summed E-state index contributed by atoms with van der Waals surface area (Å²) in [6.07, 6.45) is 1.99. The van der Waals surface area contributed by atoms with Gasteiger partial charge >= 0.3 is 7.60 Å². The minimum atomic E-state index is -3.04. The lowest BCUT2D eigenvalue weighted by atomic mass is 10.0. The van der Waals surface area contributed by atoms with Crippen LogP contribution in [0.1, 0.15) is 37.5 Å². The molecule has 1 heterocycles. The van der Waals surface area contributed by atoms with Crippen molar-refractivity contribution in [2.45, 2.75) is 39.1 Å². The minimum absolute atomic E-state index is 0.227. The van der Waals surface area contributed by atoms with E-state index >= 15 is 0 Å². The first kappa shape index (κ1) is 20.3. The zero-order valence-corrected chi connectivity index (χ0v) is 18.0. The predicted molar refractivity (Wildman–Crippen MR) is 116 cm³/mol. The number of hydrogen-bond acceptors (Lipinski definition) is 3. The number of benzene rings is 2. The van der Waals surface area contributed by atoms with E-state index in [0.717, 1.165) is 12.8 Å². The SMILES string of the molecule is CCOP(=O)(C[s+]1ccc2cc(Cc3ccc(CC)cc3)ccc21)OCC. The third-order valence-electron chi connectivity index (χ3n) is 4.56. The summed E-state index contributed by atoms with van der Waals surface area (Å²) in [7, 11) is -3.26. The average molecular weight is 404 g/mol. The lowest BCUT2D eigenvalue weighted by Gasteiger charge is -2.12. The molecule has 0 aliphatic heterocycles. The molecule has 2 aromatic carbocycles. The molecule has 1 atom stereocenters. The van der Waals surface area contributed by atoms with E-state index in [-0.39, 0.29) is 10.5 Å². The van der Waals surface area contributed by atoms with E-state index in [4.69, 9.17) is 9.05 Å². The van der Waals surface area contributed by atoms with Gasteiger partial charge in [-0.25, -0.2) is 0 Å². The molecule has 144 valence electrons. The molecule has 3 nitrogen and oxygen atoms in total. The molecule has 0 amide bonds. The van der Waals surface area contributed by atoms with Crippen LogP contribution in [0, 0.1) is 0 Å². The summed E-state index contributed by atoms with van der Waals surface area (Å²) in [6, 6.07) is 17.6. The highest BCUT2D eigenvalue weighted by Crippen LogP contribution is 2.56. The van der Waals surface area contributed by atoms with E-state index in [1.165, 1.54) is 26.8 Å². The number of fused-ring (bicyclic) bond motifs is 1. The summed E-state index contributed by atoms with van der Waals surface area (Å²) in [5.41, 5.74) is 4.42. The fraction of sp³-hybridized carbons (Fsp3) is 0.364. The van der Waals surface area contributed by atoms with Gasteiger partial charge in [0.25, 0.3) is 0 Å². The Morgan fingerprint density at radius 3 is 2.11 bits per heavy atom. The predicted octanol–water partition coefficient (Wildman–Crippen LogP) is 6.97. The van der Waals surface area contributed by atoms with Gasteiger partial charge in [-0.15, -0.1) is 0 Å². The van der Waals surface area contributed by atoms with Crippen molar-refractivity contribution in [3.05, 3.63) is 70.6 Å². The largest absolute Gasteiger partial charge is 0.384 e. The highest BCUT2D eigenvalue weighted by atomic mass is 32.2. The quantitative estimate of drug-likeness (QED) is 0.286. The van der Waals surface area contributed by atoms with E-state index in [0.29, 0.717) is 18.7 Å². The molecule has 1 unspecified atom stereocenters. The van der Waals surface area contributed by atoms with Gasteiger partial charge in [0.1, 0.15) is 5.38 Å². The third kappa shape index (κ3) is 5.08. The topological polar surface area (TPSA) is 35.5 Å². The number of thiophene rings is 1. The Balaban J connectivity index is 1.80. The lowest BCUT2D eigenvalue weighted by Crippen LogP contribution is -1.96. The summed E-state index contributed by atoms with van der Waals surface area (Å²) < 4.78 is 25.1. The summed E-state index contributed by atoms with van der Waals surface area (Å²) >= 11 is 0. The van der Waals surface area contributed by atoms with Crippen molar-refractivity contribution >= 4 is 28.2 Å². The third-order valence-corrected chi connectivity index (χ3v) is 9.64. The van der Waals surface area contributed by atoms with Crippen LogP contribution < -0.4 is 0 Å². The molecule has 0 spiro atoms. The highest BCUT2D eigenvalue weighted by molar-refractivity contribution is 7.62. The van der Waals surface area contributed by atoms with Crippen LogP contribution in [0.3, 0.4) is 0 Å². The molecule has 27 heavy (non-hydrogen) atoms. The van der Waals surface area contributed by atoms with Crippen molar-refractivity contribution in [1.82, 2.24) is 0 Å². The van der Waals surface area contributed by atoms with E-state index in [1.807, 2.05) is 13.8 Å². The molecule has 3 aromatic rings. The second-order valence-electron chi connectivity index (χ2n) is 6.53. The first-order valence-corrected chi connectivity index (χ1v) is 12.7. The summed E-state index contributed by atoms with van der Waals surface area (Å²) in [4.78, 5) is 0. The molecule has 0 N–H and O–H groups in total. The molecule has 0 aliphatic rings. The van der Waals surface area contributed by atoms with E-state index < -0.39 is 7.60 Å². The maximum absolute atomic E-state index is 12.9. The maximum atomic E-state index is 12.9. The zero-order valence-electron chi connectivity index (χ0n) is 16.3. The molecular weight excluding hydrogens is 375 g/mol. The first-order valence-electron chi connectivity index (χ1n) is 9.53. The van der Waals surface area contributed by atoms with Gasteiger partial charge in [0.2, 0.25) is 5.49 Å². The van der Waals surface area contributed by atoms with Gasteiger partial charge in [0, 0.05) is 11.5 Å². The van der Waals surface area contributed by atoms with Gasteiger partial charge in [-0.2, -0.15) is 0 Å². The molecule has 0 fully saturated rings. The van der Waals surface area contributed by atoms with Crippen LogP contribution in [0.25, 0.3) is 10.1 Å². The Bertz CT molecular complexity index is 920. The standard InChI is InChI=1S/C22H28O3PS/c1-4-18-7-9-19(10-8-18)15-20-11-12-22-21(16-20)13-14-27(22)17-26(23,24-5-2)25-6-3/h7-14,16H,4-6,15,17H2,1-3H3/q+1. The van der Waals surface area contributed by atoms with E-state index in [9.17, 15) is 4.57 Å². The molecule has 0 saturated carbocycles. The lowest BCUT2D eigenvalue weighted by molar-refractivity contribution is 0.221. The second-order valence-corrected chi connectivity index (χ2v) is 10.9. The van der Waals surface area contributed by atoms with Crippen LogP contribution >= 0.6 is 18.1 Å². The minimum Gasteiger partial charge on any atom is -0.305 e. The number of rotatable bonds is 9. The molecule has 0 bridgehead atoms. The van der Waals surface area contributed by atoms with E-state index in [1.54, 1.807) is 0 Å². The normalized spacial score (nSPS) is 12.6. The van der Waals surface area contributed by atoms with Gasteiger partial charge in [-0.05, 0) is 66.0 Å². The Hall–Kier alpha value is -1.45.